The van der Waals surface area contributed by atoms with Crippen molar-refractivity contribution in [1.29, 1.82) is 0 Å². The van der Waals surface area contributed by atoms with Crippen LogP contribution in [0, 0.1) is 5.92 Å². The van der Waals surface area contributed by atoms with Gasteiger partial charge >= 0.3 is 0 Å². The molecule has 0 amide bonds. The Morgan fingerprint density at radius 3 is 2.27 bits per heavy atom. The van der Waals surface area contributed by atoms with Gasteiger partial charge < -0.3 is 0 Å². The topological polar surface area (TPSA) is 17.1 Å². The third-order valence-corrected chi connectivity index (χ3v) is 2.50. The summed E-state index contributed by atoms with van der Waals surface area (Å²) in [6.07, 6.45) is 12.7. The second kappa shape index (κ2) is 9.95. The zero-order valence-electron chi connectivity index (χ0n) is 10.6. The van der Waals surface area contributed by atoms with E-state index in [0.717, 1.165) is 12.3 Å². The van der Waals surface area contributed by atoms with Gasteiger partial charge in [0.15, 0.2) is 5.78 Å². The summed E-state index contributed by atoms with van der Waals surface area (Å²) in [4.78, 5) is 10.6. The highest BCUT2D eigenvalue weighted by molar-refractivity contribution is 5.87. The molecule has 0 aliphatic rings. The molecule has 0 fully saturated rings. The Morgan fingerprint density at radius 1 is 1.07 bits per heavy atom. The largest absolute Gasteiger partial charge is 0.295 e. The lowest BCUT2D eigenvalue weighted by Gasteiger charge is -2.03. The number of unbranched alkanes of at least 4 members (excludes halogenated alkanes) is 5. The molecule has 0 bridgehead atoms. The Bertz CT molecular complexity index is 180. The maximum atomic E-state index is 10.6. The number of hydrogen-bond donors (Lipinski definition) is 0. The van der Waals surface area contributed by atoms with Gasteiger partial charge in [-0.1, -0.05) is 52.0 Å². The van der Waals surface area contributed by atoms with E-state index in [1.54, 1.807) is 13.0 Å². The Kier molecular flexibility index (Phi) is 9.55. The van der Waals surface area contributed by atoms with Crippen molar-refractivity contribution in [2.45, 2.75) is 65.7 Å². The Hall–Kier alpha value is -0.590. The molecule has 0 saturated carbocycles. The minimum absolute atomic E-state index is 0.159. The third kappa shape index (κ3) is 13.4. The second-order valence-electron chi connectivity index (χ2n) is 4.75. The van der Waals surface area contributed by atoms with Crippen molar-refractivity contribution in [3.8, 4) is 0 Å². The molecule has 0 aromatic rings. The first-order valence-corrected chi connectivity index (χ1v) is 6.30. The molecule has 0 radical (unpaired) electrons. The smallest absolute Gasteiger partial charge is 0.152 e. The van der Waals surface area contributed by atoms with Gasteiger partial charge in [0.1, 0.15) is 0 Å². The molecule has 0 spiro atoms. The van der Waals surface area contributed by atoms with Crippen LogP contribution < -0.4 is 0 Å². The number of rotatable bonds is 9. The van der Waals surface area contributed by atoms with E-state index in [2.05, 4.69) is 13.8 Å². The highest BCUT2D eigenvalue weighted by atomic mass is 16.1. The fourth-order valence-corrected chi connectivity index (χ4v) is 1.59. The van der Waals surface area contributed by atoms with Crippen molar-refractivity contribution in [2.24, 2.45) is 5.92 Å². The molecular weight excluding hydrogens is 184 g/mol. The van der Waals surface area contributed by atoms with Gasteiger partial charge in [-0.05, 0) is 31.8 Å². The molecule has 0 aliphatic heterocycles. The molecule has 15 heavy (non-hydrogen) atoms. The van der Waals surface area contributed by atoms with Gasteiger partial charge in [-0.15, -0.1) is 0 Å². The minimum atomic E-state index is 0.159. The van der Waals surface area contributed by atoms with Crippen molar-refractivity contribution in [3.05, 3.63) is 12.2 Å². The minimum Gasteiger partial charge on any atom is -0.295 e. The lowest BCUT2D eigenvalue weighted by molar-refractivity contribution is -0.112. The highest BCUT2D eigenvalue weighted by Crippen LogP contribution is 2.11. The predicted molar refractivity (Wildman–Crippen MR) is 67.0 cm³/mol. The summed E-state index contributed by atoms with van der Waals surface area (Å²) < 4.78 is 0. The first-order chi connectivity index (χ1) is 7.13. The Labute approximate surface area is 95.0 Å². The lowest BCUT2D eigenvalue weighted by atomic mass is 10.0. The molecule has 1 nitrogen and oxygen atoms in total. The van der Waals surface area contributed by atoms with E-state index in [-0.39, 0.29) is 5.78 Å². The number of carbonyl (C=O) groups excluding carboxylic acids is 1. The molecule has 0 aromatic carbocycles. The lowest BCUT2D eigenvalue weighted by Crippen LogP contribution is -1.87. The van der Waals surface area contributed by atoms with Crippen LogP contribution in [0.25, 0.3) is 0 Å². The van der Waals surface area contributed by atoms with Gasteiger partial charge in [0.2, 0.25) is 0 Å². The van der Waals surface area contributed by atoms with Gasteiger partial charge in [-0.3, -0.25) is 4.79 Å². The SMILES string of the molecule is CC(=O)C=CCCCCCCCC(C)C. The van der Waals surface area contributed by atoms with Crippen LogP contribution in [0.4, 0.5) is 0 Å². The molecule has 0 unspecified atom stereocenters. The van der Waals surface area contributed by atoms with Crippen molar-refractivity contribution in [2.75, 3.05) is 0 Å². The quantitative estimate of drug-likeness (QED) is 0.404. The predicted octanol–water partition coefficient (Wildman–Crippen LogP) is 4.52. The van der Waals surface area contributed by atoms with Crippen LogP contribution in [0.2, 0.25) is 0 Å². The summed E-state index contributed by atoms with van der Waals surface area (Å²) >= 11 is 0. The molecule has 0 aromatic heterocycles. The van der Waals surface area contributed by atoms with Crippen LogP contribution in [-0.4, -0.2) is 5.78 Å². The third-order valence-electron chi connectivity index (χ3n) is 2.50. The summed E-state index contributed by atoms with van der Waals surface area (Å²) in [5, 5.41) is 0. The molecule has 0 atom stereocenters. The molecule has 1 heteroatoms. The van der Waals surface area contributed by atoms with Crippen LogP contribution >= 0.6 is 0 Å². The normalized spacial score (nSPS) is 11.5. The van der Waals surface area contributed by atoms with Crippen molar-refractivity contribution in [1.82, 2.24) is 0 Å². The average Bonchev–Trinajstić information content (AvgIpc) is 2.14. The first-order valence-electron chi connectivity index (χ1n) is 6.30. The van der Waals surface area contributed by atoms with Gasteiger partial charge in [-0.25, -0.2) is 0 Å². The maximum absolute atomic E-state index is 10.6. The van der Waals surface area contributed by atoms with E-state index in [9.17, 15) is 4.79 Å². The molecule has 88 valence electrons. The van der Waals surface area contributed by atoms with E-state index in [4.69, 9.17) is 0 Å². The van der Waals surface area contributed by atoms with E-state index in [0.29, 0.717) is 0 Å². The second-order valence-corrected chi connectivity index (χ2v) is 4.75. The highest BCUT2D eigenvalue weighted by Gasteiger charge is 1.94. The summed E-state index contributed by atoms with van der Waals surface area (Å²) in [7, 11) is 0. The number of carbonyl (C=O) groups is 1. The number of hydrogen-bond acceptors (Lipinski definition) is 1. The van der Waals surface area contributed by atoms with Gasteiger partial charge in [0.05, 0.1) is 0 Å². The van der Waals surface area contributed by atoms with Crippen molar-refractivity contribution in [3.63, 3.8) is 0 Å². The monoisotopic (exact) mass is 210 g/mol. The first kappa shape index (κ1) is 14.4. The zero-order chi connectivity index (χ0) is 11.5. The van der Waals surface area contributed by atoms with Gasteiger partial charge in [0, 0.05) is 0 Å². The summed E-state index contributed by atoms with van der Waals surface area (Å²) in [5.74, 6) is 1.01. The number of allylic oxidation sites excluding steroid dienone is 2. The fourth-order valence-electron chi connectivity index (χ4n) is 1.59. The summed E-state index contributed by atoms with van der Waals surface area (Å²) in [5.41, 5.74) is 0. The Morgan fingerprint density at radius 2 is 1.67 bits per heavy atom. The molecule has 0 heterocycles. The zero-order valence-corrected chi connectivity index (χ0v) is 10.6. The van der Waals surface area contributed by atoms with E-state index in [1.165, 1.54) is 38.5 Å². The van der Waals surface area contributed by atoms with Crippen LogP contribution in [0.5, 0.6) is 0 Å². The fraction of sp³-hybridized carbons (Fsp3) is 0.786. The van der Waals surface area contributed by atoms with Crippen LogP contribution in [-0.2, 0) is 4.79 Å². The van der Waals surface area contributed by atoms with E-state index in [1.807, 2.05) is 6.08 Å². The summed E-state index contributed by atoms with van der Waals surface area (Å²) in [6, 6.07) is 0. The van der Waals surface area contributed by atoms with Gasteiger partial charge in [-0.2, -0.15) is 0 Å². The van der Waals surface area contributed by atoms with E-state index < -0.39 is 0 Å². The maximum Gasteiger partial charge on any atom is 0.152 e. The van der Waals surface area contributed by atoms with Crippen LogP contribution in [0.1, 0.15) is 65.7 Å². The van der Waals surface area contributed by atoms with Crippen molar-refractivity contribution < 1.29 is 4.79 Å². The summed E-state index contributed by atoms with van der Waals surface area (Å²) in [6.45, 7) is 6.17. The van der Waals surface area contributed by atoms with Crippen LogP contribution in [0.15, 0.2) is 12.2 Å². The van der Waals surface area contributed by atoms with E-state index >= 15 is 0 Å². The average molecular weight is 210 g/mol. The van der Waals surface area contributed by atoms with Gasteiger partial charge in [0.25, 0.3) is 0 Å². The molecule has 0 N–H and O–H groups in total. The molecule has 0 aliphatic carbocycles. The number of ketones is 1. The molecule has 0 saturated heterocycles. The van der Waals surface area contributed by atoms with Crippen LogP contribution in [0.3, 0.4) is 0 Å². The standard InChI is InChI=1S/C14H26O/c1-13(2)11-9-7-5-4-6-8-10-12-14(3)15/h10,12-13H,4-9,11H2,1-3H3. The Balaban J connectivity index is 3.08. The van der Waals surface area contributed by atoms with Crippen molar-refractivity contribution >= 4 is 5.78 Å². The molecule has 0 rings (SSSR count). The molecular formula is C14H26O.